The van der Waals surface area contributed by atoms with Crippen LogP contribution in [0.5, 0.6) is 0 Å². The minimum atomic E-state index is 0.0113. The molecule has 3 rings (SSSR count). The van der Waals surface area contributed by atoms with Crippen molar-refractivity contribution in [3.8, 4) is 0 Å². The smallest absolute Gasteiger partial charge is 0.187 e. The highest BCUT2D eigenvalue weighted by molar-refractivity contribution is 7.99. The van der Waals surface area contributed by atoms with Gasteiger partial charge in [0.1, 0.15) is 0 Å². The van der Waals surface area contributed by atoms with Crippen LogP contribution in [0.15, 0.2) is 64.5 Å². The molecule has 0 amide bonds. The van der Waals surface area contributed by atoms with Gasteiger partial charge in [0.2, 0.25) is 0 Å². The number of carbonyl (C=O) groups excluding carboxylic acids is 1. The van der Waals surface area contributed by atoms with E-state index in [4.69, 9.17) is 0 Å². The van der Waals surface area contributed by atoms with Crippen molar-refractivity contribution in [3.05, 3.63) is 60.3 Å². The predicted octanol–water partition coefficient (Wildman–Crippen LogP) is 4.15. The number of carbonyl (C=O) groups is 1. The second-order valence-electron chi connectivity index (χ2n) is 5.08. The lowest BCUT2D eigenvalue weighted by Gasteiger charge is -2.20. The summed E-state index contributed by atoms with van der Waals surface area (Å²) in [6.45, 7) is 0. The molecule has 2 aromatic rings. The predicted molar refractivity (Wildman–Crippen MR) is 87.4 cm³/mol. The summed E-state index contributed by atoms with van der Waals surface area (Å²) in [6, 6.07) is 14.0. The van der Waals surface area contributed by atoms with E-state index in [-0.39, 0.29) is 5.78 Å². The monoisotopic (exact) mass is 296 g/mol. The maximum absolute atomic E-state index is 12.1. The van der Waals surface area contributed by atoms with E-state index >= 15 is 0 Å². The lowest BCUT2D eigenvalue weighted by atomic mass is 10.1. The molecule has 21 heavy (non-hydrogen) atoms. The fourth-order valence-electron chi connectivity index (χ4n) is 2.11. The van der Waals surface area contributed by atoms with E-state index in [1.165, 1.54) is 4.90 Å². The summed E-state index contributed by atoms with van der Waals surface area (Å²) in [5.41, 5.74) is 2.77. The first-order valence-electron chi connectivity index (χ1n) is 6.70. The molecule has 0 bridgehead atoms. The summed E-state index contributed by atoms with van der Waals surface area (Å²) in [6.07, 6.45) is 3.35. The Morgan fingerprint density at radius 2 is 1.86 bits per heavy atom. The molecular formula is C17H16N2OS. The van der Waals surface area contributed by atoms with Crippen molar-refractivity contribution >= 4 is 28.9 Å². The summed E-state index contributed by atoms with van der Waals surface area (Å²) in [7, 11) is 3.79. The summed E-state index contributed by atoms with van der Waals surface area (Å²) in [5, 5.41) is 3.39. The van der Waals surface area contributed by atoms with Crippen LogP contribution < -0.4 is 5.32 Å². The zero-order valence-corrected chi connectivity index (χ0v) is 12.8. The Labute approximate surface area is 128 Å². The highest BCUT2D eigenvalue weighted by atomic mass is 32.2. The van der Waals surface area contributed by atoms with Gasteiger partial charge in [-0.3, -0.25) is 4.79 Å². The van der Waals surface area contributed by atoms with Crippen molar-refractivity contribution < 1.29 is 4.79 Å². The first kappa shape index (κ1) is 13.8. The summed E-state index contributed by atoms with van der Waals surface area (Å²) >= 11 is 1.72. The molecule has 0 spiro atoms. The van der Waals surface area contributed by atoms with E-state index in [1.54, 1.807) is 24.0 Å². The molecule has 3 nitrogen and oxygen atoms in total. The van der Waals surface area contributed by atoms with E-state index < -0.39 is 0 Å². The normalized spacial score (nSPS) is 12.5. The molecule has 0 aromatic heterocycles. The third-order valence-electron chi connectivity index (χ3n) is 3.16. The third-order valence-corrected chi connectivity index (χ3v) is 4.32. The lowest BCUT2D eigenvalue weighted by molar-refractivity contribution is 0.104. The van der Waals surface area contributed by atoms with Gasteiger partial charge in [0, 0.05) is 41.7 Å². The first-order chi connectivity index (χ1) is 10.1. The number of hydrogen-bond acceptors (Lipinski definition) is 4. The van der Waals surface area contributed by atoms with Gasteiger partial charge in [0.25, 0.3) is 0 Å². The van der Waals surface area contributed by atoms with Crippen LogP contribution in [0, 0.1) is 0 Å². The highest BCUT2D eigenvalue weighted by Crippen LogP contribution is 2.44. The molecule has 0 atom stereocenters. The minimum Gasteiger partial charge on any atom is -0.383 e. The Morgan fingerprint density at radius 3 is 2.67 bits per heavy atom. The number of fused-ring (bicyclic) bond motifs is 2. The number of nitrogens with one attached hydrogen (secondary N) is 1. The van der Waals surface area contributed by atoms with Crippen molar-refractivity contribution in [2.75, 3.05) is 19.4 Å². The molecule has 1 heterocycles. The number of nitrogens with zero attached hydrogens (tertiary/aromatic N) is 1. The molecule has 0 saturated carbocycles. The molecule has 106 valence electrons. The number of hydrogen-bond donors (Lipinski definition) is 1. The van der Waals surface area contributed by atoms with Crippen molar-refractivity contribution in [1.82, 2.24) is 4.90 Å². The number of allylic oxidation sites excluding steroid dienone is 1. The van der Waals surface area contributed by atoms with Crippen LogP contribution in [-0.2, 0) is 0 Å². The molecule has 4 heteroatoms. The van der Waals surface area contributed by atoms with Gasteiger partial charge in [0.15, 0.2) is 5.78 Å². The van der Waals surface area contributed by atoms with Crippen LogP contribution >= 0.6 is 11.8 Å². The molecule has 1 N–H and O–H groups in total. The SMILES string of the molecule is CN(C)/C=C\C(=O)c1ccc2c(c1)Nc1ccccc1S2. The van der Waals surface area contributed by atoms with E-state index in [0.717, 1.165) is 16.3 Å². The highest BCUT2D eigenvalue weighted by Gasteiger charge is 2.16. The van der Waals surface area contributed by atoms with Gasteiger partial charge in [-0.15, -0.1) is 0 Å². The second kappa shape index (κ2) is 5.66. The van der Waals surface area contributed by atoms with Crippen LogP contribution in [0.3, 0.4) is 0 Å². The fourth-order valence-corrected chi connectivity index (χ4v) is 3.07. The Hall–Kier alpha value is -2.20. The fraction of sp³-hybridized carbons (Fsp3) is 0.118. The van der Waals surface area contributed by atoms with Gasteiger partial charge in [-0.1, -0.05) is 23.9 Å². The number of anilines is 2. The third kappa shape index (κ3) is 2.95. The Balaban J connectivity index is 1.88. The number of benzene rings is 2. The van der Waals surface area contributed by atoms with Gasteiger partial charge in [0.05, 0.1) is 11.4 Å². The zero-order chi connectivity index (χ0) is 14.8. The molecular weight excluding hydrogens is 280 g/mol. The van der Waals surface area contributed by atoms with Crippen molar-refractivity contribution in [2.45, 2.75) is 9.79 Å². The minimum absolute atomic E-state index is 0.0113. The van der Waals surface area contributed by atoms with Gasteiger partial charge in [-0.25, -0.2) is 0 Å². The summed E-state index contributed by atoms with van der Waals surface area (Å²) in [4.78, 5) is 16.3. The van der Waals surface area contributed by atoms with E-state index in [1.807, 2.05) is 55.4 Å². The van der Waals surface area contributed by atoms with Crippen LogP contribution in [0.4, 0.5) is 11.4 Å². The summed E-state index contributed by atoms with van der Waals surface area (Å²) in [5.74, 6) is 0.0113. The lowest BCUT2D eigenvalue weighted by Crippen LogP contribution is -2.05. The van der Waals surface area contributed by atoms with Crippen LogP contribution in [0.25, 0.3) is 0 Å². The standard InChI is InChI=1S/C17H16N2OS/c1-19(2)10-9-15(20)12-7-8-17-14(11-12)18-13-5-3-4-6-16(13)21-17/h3-11,18H,1-2H3/b10-9-. The van der Waals surface area contributed by atoms with Crippen LogP contribution in [0.1, 0.15) is 10.4 Å². The van der Waals surface area contributed by atoms with E-state index in [9.17, 15) is 4.79 Å². The van der Waals surface area contributed by atoms with Gasteiger partial charge in [-0.2, -0.15) is 0 Å². The number of ketones is 1. The first-order valence-corrected chi connectivity index (χ1v) is 7.52. The van der Waals surface area contributed by atoms with E-state index in [2.05, 4.69) is 11.4 Å². The molecule has 0 radical (unpaired) electrons. The molecule has 0 unspecified atom stereocenters. The summed E-state index contributed by atoms with van der Waals surface area (Å²) < 4.78 is 0. The maximum Gasteiger partial charge on any atom is 0.187 e. The molecule has 1 aliphatic rings. The van der Waals surface area contributed by atoms with Crippen LogP contribution in [-0.4, -0.2) is 24.8 Å². The average Bonchev–Trinajstić information content (AvgIpc) is 2.50. The topological polar surface area (TPSA) is 32.3 Å². The van der Waals surface area contributed by atoms with E-state index in [0.29, 0.717) is 5.56 Å². The quantitative estimate of drug-likeness (QED) is 0.581. The van der Waals surface area contributed by atoms with Crippen molar-refractivity contribution in [1.29, 1.82) is 0 Å². The largest absolute Gasteiger partial charge is 0.383 e. The molecule has 0 aliphatic carbocycles. The Kier molecular flexibility index (Phi) is 3.71. The van der Waals surface area contributed by atoms with Crippen molar-refractivity contribution in [3.63, 3.8) is 0 Å². The van der Waals surface area contributed by atoms with Gasteiger partial charge < -0.3 is 10.2 Å². The molecule has 2 aromatic carbocycles. The molecule has 0 fully saturated rings. The molecule has 1 aliphatic heterocycles. The average molecular weight is 296 g/mol. The van der Waals surface area contributed by atoms with Crippen molar-refractivity contribution in [2.24, 2.45) is 0 Å². The Bertz CT molecular complexity index is 722. The van der Waals surface area contributed by atoms with Gasteiger partial charge >= 0.3 is 0 Å². The van der Waals surface area contributed by atoms with Crippen LogP contribution in [0.2, 0.25) is 0 Å². The number of para-hydroxylation sites is 1. The number of rotatable bonds is 3. The van der Waals surface area contributed by atoms with Gasteiger partial charge in [-0.05, 0) is 30.3 Å². The zero-order valence-electron chi connectivity index (χ0n) is 12.0. The maximum atomic E-state index is 12.1. The Morgan fingerprint density at radius 1 is 1.10 bits per heavy atom. The molecule has 0 saturated heterocycles. The second-order valence-corrected chi connectivity index (χ2v) is 6.16.